The number of ether oxygens (including phenoxy) is 2. The molecule has 0 heterocycles. The van der Waals surface area contributed by atoms with Gasteiger partial charge in [-0.15, -0.1) is 0 Å². The highest BCUT2D eigenvalue weighted by Gasteiger charge is 2.01. The predicted octanol–water partition coefficient (Wildman–Crippen LogP) is 2.99. The summed E-state index contributed by atoms with van der Waals surface area (Å²) in [6, 6.07) is 8.15. The second-order valence-electron chi connectivity index (χ2n) is 4.18. The fourth-order valence-electron chi connectivity index (χ4n) is 1.66. The number of benzene rings is 1. The van der Waals surface area contributed by atoms with Gasteiger partial charge in [0, 0.05) is 25.3 Å². The van der Waals surface area contributed by atoms with E-state index in [2.05, 4.69) is 18.3 Å². The molecular weight excluding hydrogens is 226 g/mol. The Balaban J connectivity index is 2.18. The fraction of sp³-hybridized carbons (Fsp3) is 0.600. The lowest BCUT2D eigenvalue weighted by molar-refractivity contribution is 0.133. The van der Waals surface area contributed by atoms with Crippen LogP contribution < -0.4 is 10.1 Å². The summed E-state index contributed by atoms with van der Waals surface area (Å²) >= 11 is 0. The van der Waals surface area contributed by atoms with E-state index in [0.717, 1.165) is 38.5 Å². The van der Waals surface area contributed by atoms with Crippen molar-refractivity contribution in [2.75, 3.05) is 26.4 Å². The van der Waals surface area contributed by atoms with E-state index < -0.39 is 0 Å². The second-order valence-corrected chi connectivity index (χ2v) is 4.18. The third kappa shape index (κ3) is 6.03. The third-order valence-electron chi connectivity index (χ3n) is 2.65. The average molecular weight is 251 g/mol. The summed E-state index contributed by atoms with van der Waals surface area (Å²) in [5.41, 5.74) is 1.20. The van der Waals surface area contributed by atoms with Gasteiger partial charge in [-0.05, 0) is 19.4 Å². The van der Waals surface area contributed by atoms with E-state index in [1.165, 1.54) is 12.0 Å². The Bertz CT molecular complexity index is 315. The Morgan fingerprint density at radius 2 is 1.94 bits per heavy atom. The number of rotatable bonds is 10. The van der Waals surface area contributed by atoms with Gasteiger partial charge >= 0.3 is 0 Å². The molecule has 0 aromatic heterocycles. The molecule has 0 bridgehead atoms. The molecule has 0 aliphatic rings. The number of nitrogens with one attached hydrogen (secondary N) is 1. The lowest BCUT2D eigenvalue weighted by Gasteiger charge is -2.11. The van der Waals surface area contributed by atoms with Crippen molar-refractivity contribution in [3.8, 4) is 5.75 Å². The van der Waals surface area contributed by atoms with Crippen LogP contribution in [0.5, 0.6) is 5.75 Å². The highest BCUT2D eigenvalue weighted by atomic mass is 16.5. The van der Waals surface area contributed by atoms with Crippen molar-refractivity contribution in [2.24, 2.45) is 0 Å². The lowest BCUT2D eigenvalue weighted by atomic mass is 10.2. The van der Waals surface area contributed by atoms with Gasteiger partial charge < -0.3 is 14.8 Å². The Hall–Kier alpha value is -1.06. The van der Waals surface area contributed by atoms with Crippen molar-refractivity contribution in [1.82, 2.24) is 5.32 Å². The maximum atomic E-state index is 5.58. The highest BCUT2D eigenvalue weighted by molar-refractivity contribution is 5.33. The largest absolute Gasteiger partial charge is 0.494 e. The summed E-state index contributed by atoms with van der Waals surface area (Å²) in [5.74, 6) is 0.972. The van der Waals surface area contributed by atoms with Crippen molar-refractivity contribution < 1.29 is 9.47 Å². The SMILES string of the molecule is CCCCOCCNCc1ccccc1OCC. The standard InChI is InChI=1S/C15H25NO2/c1-3-5-11-17-12-10-16-13-14-8-6-7-9-15(14)18-4-2/h6-9,16H,3-5,10-13H2,1-2H3. The van der Waals surface area contributed by atoms with Gasteiger partial charge in [0.2, 0.25) is 0 Å². The van der Waals surface area contributed by atoms with Crippen molar-refractivity contribution in [3.05, 3.63) is 29.8 Å². The Morgan fingerprint density at radius 3 is 2.72 bits per heavy atom. The van der Waals surface area contributed by atoms with Crippen LogP contribution in [0, 0.1) is 0 Å². The molecule has 3 nitrogen and oxygen atoms in total. The molecule has 1 N–H and O–H groups in total. The van der Waals surface area contributed by atoms with Crippen LogP contribution in [0.3, 0.4) is 0 Å². The van der Waals surface area contributed by atoms with Gasteiger partial charge in [-0.25, -0.2) is 0 Å². The molecule has 0 spiro atoms. The molecule has 0 fully saturated rings. The van der Waals surface area contributed by atoms with Crippen molar-refractivity contribution in [3.63, 3.8) is 0 Å². The molecule has 18 heavy (non-hydrogen) atoms. The summed E-state index contributed by atoms with van der Waals surface area (Å²) in [5, 5.41) is 3.37. The average Bonchev–Trinajstić information content (AvgIpc) is 2.40. The van der Waals surface area contributed by atoms with Crippen LogP contribution >= 0.6 is 0 Å². The van der Waals surface area contributed by atoms with Gasteiger partial charge in [0.25, 0.3) is 0 Å². The van der Waals surface area contributed by atoms with E-state index >= 15 is 0 Å². The summed E-state index contributed by atoms with van der Waals surface area (Å²) in [6.07, 6.45) is 2.34. The summed E-state index contributed by atoms with van der Waals surface area (Å²) in [4.78, 5) is 0. The minimum atomic E-state index is 0.705. The molecule has 102 valence electrons. The summed E-state index contributed by atoms with van der Waals surface area (Å²) in [6.45, 7) is 8.23. The van der Waals surface area contributed by atoms with Gasteiger partial charge in [0.15, 0.2) is 0 Å². The van der Waals surface area contributed by atoms with Crippen LogP contribution in [0.4, 0.5) is 0 Å². The molecule has 1 aromatic rings. The van der Waals surface area contributed by atoms with Crippen LogP contribution in [0.25, 0.3) is 0 Å². The van der Waals surface area contributed by atoms with Gasteiger partial charge in [0.05, 0.1) is 13.2 Å². The van der Waals surface area contributed by atoms with E-state index in [0.29, 0.717) is 6.61 Å². The molecule has 1 rings (SSSR count). The molecular formula is C15H25NO2. The monoisotopic (exact) mass is 251 g/mol. The van der Waals surface area contributed by atoms with E-state index in [4.69, 9.17) is 9.47 Å². The van der Waals surface area contributed by atoms with Gasteiger partial charge in [-0.2, -0.15) is 0 Å². The van der Waals surface area contributed by atoms with E-state index in [1.807, 2.05) is 25.1 Å². The van der Waals surface area contributed by atoms with Gasteiger partial charge in [-0.1, -0.05) is 31.5 Å². The third-order valence-corrected chi connectivity index (χ3v) is 2.65. The van der Waals surface area contributed by atoms with Crippen LogP contribution in [-0.4, -0.2) is 26.4 Å². The molecule has 0 saturated heterocycles. The molecule has 1 aromatic carbocycles. The van der Waals surface area contributed by atoms with Crippen LogP contribution in [0.15, 0.2) is 24.3 Å². The Kier molecular flexibility index (Phi) is 8.26. The van der Waals surface area contributed by atoms with Crippen molar-refractivity contribution in [2.45, 2.75) is 33.2 Å². The van der Waals surface area contributed by atoms with E-state index in [1.54, 1.807) is 0 Å². The smallest absolute Gasteiger partial charge is 0.123 e. The number of para-hydroxylation sites is 1. The van der Waals surface area contributed by atoms with E-state index in [9.17, 15) is 0 Å². The maximum Gasteiger partial charge on any atom is 0.123 e. The molecule has 0 atom stereocenters. The zero-order valence-corrected chi connectivity index (χ0v) is 11.6. The Labute approximate surface area is 110 Å². The molecule has 3 heteroatoms. The maximum absolute atomic E-state index is 5.58. The zero-order valence-electron chi connectivity index (χ0n) is 11.6. The molecule has 0 aliphatic heterocycles. The van der Waals surface area contributed by atoms with Crippen LogP contribution in [0.1, 0.15) is 32.3 Å². The molecule has 0 saturated carbocycles. The molecule has 0 aliphatic carbocycles. The first kappa shape index (κ1) is 15.0. The first-order valence-electron chi connectivity index (χ1n) is 6.87. The van der Waals surface area contributed by atoms with E-state index in [-0.39, 0.29) is 0 Å². The fourth-order valence-corrected chi connectivity index (χ4v) is 1.66. The van der Waals surface area contributed by atoms with Crippen molar-refractivity contribution >= 4 is 0 Å². The number of hydrogen-bond acceptors (Lipinski definition) is 3. The van der Waals surface area contributed by atoms with Gasteiger partial charge in [-0.3, -0.25) is 0 Å². The molecule has 0 radical (unpaired) electrons. The van der Waals surface area contributed by atoms with Crippen LogP contribution in [0.2, 0.25) is 0 Å². The predicted molar refractivity (Wildman–Crippen MR) is 75.0 cm³/mol. The quantitative estimate of drug-likeness (QED) is 0.648. The molecule has 0 amide bonds. The number of unbranched alkanes of at least 4 members (excludes halogenated alkanes) is 1. The zero-order chi connectivity index (χ0) is 13.1. The molecule has 0 unspecified atom stereocenters. The van der Waals surface area contributed by atoms with Crippen LogP contribution in [-0.2, 0) is 11.3 Å². The first-order valence-corrected chi connectivity index (χ1v) is 6.87. The van der Waals surface area contributed by atoms with Gasteiger partial charge in [0.1, 0.15) is 5.75 Å². The number of hydrogen-bond donors (Lipinski definition) is 1. The minimum absolute atomic E-state index is 0.705. The summed E-state index contributed by atoms with van der Waals surface area (Å²) < 4.78 is 11.1. The second kappa shape index (κ2) is 9.92. The summed E-state index contributed by atoms with van der Waals surface area (Å²) in [7, 11) is 0. The topological polar surface area (TPSA) is 30.5 Å². The highest BCUT2D eigenvalue weighted by Crippen LogP contribution is 2.17. The Morgan fingerprint density at radius 1 is 1.11 bits per heavy atom. The minimum Gasteiger partial charge on any atom is -0.494 e. The van der Waals surface area contributed by atoms with Crippen molar-refractivity contribution in [1.29, 1.82) is 0 Å². The normalized spacial score (nSPS) is 10.6. The lowest BCUT2D eigenvalue weighted by Crippen LogP contribution is -2.20. The first-order chi connectivity index (χ1) is 8.88.